The van der Waals surface area contributed by atoms with Gasteiger partial charge in [0.1, 0.15) is 0 Å². The molecule has 282 valence electrons. The standard InChI is InChI=1S/C46H35NS.C5H8.C4H8/c1-4-31(15-7-8-16-32(5-2)46-37(6-3)40-21-13-14-22-43(40)48-46)33-23-27-36(28-24-33)47-41-29-25-34-17-9-11-19-38(34)44(41)45-39-20-12-10-18-35(39)26-30-42(45)47;1-3-5-4-2;1-3-4-2/h4-15,17-30H,1,3,16H2,2H3;3-5H,1H2,2H3;3-4H,1-2H3/b8-7-,31-15+,32-5-;5-4-;4-3-. The van der Waals surface area contributed by atoms with E-state index in [1.54, 1.807) is 6.08 Å². The average Bonchev–Trinajstić information content (AvgIpc) is 3.82. The normalized spacial score (nSPS) is 12.1. The molecule has 57 heavy (non-hydrogen) atoms. The predicted octanol–water partition coefficient (Wildman–Crippen LogP) is 16.9. The first kappa shape index (κ1) is 40.2. The Bertz CT molecular complexity index is 2750. The third-order valence-electron chi connectivity index (χ3n) is 10.1. The quantitative estimate of drug-likeness (QED) is 0.102. The van der Waals surface area contributed by atoms with Gasteiger partial charge in [-0.25, -0.2) is 0 Å². The molecule has 1 nitrogen and oxygen atoms in total. The zero-order chi connectivity index (χ0) is 40.1. The highest BCUT2D eigenvalue weighted by atomic mass is 32.1. The summed E-state index contributed by atoms with van der Waals surface area (Å²) in [5.41, 5.74) is 8.34. The molecule has 0 amide bonds. The minimum absolute atomic E-state index is 0.848. The van der Waals surface area contributed by atoms with Crippen molar-refractivity contribution >= 4 is 82.0 Å². The van der Waals surface area contributed by atoms with Gasteiger partial charge in [-0.05, 0) is 108 Å². The van der Waals surface area contributed by atoms with E-state index in [0.29, 0.717) is 0 Å². The lowest BCUT2D eigenvalue weighted by Gasteiger charge is -2.10. The van der Waals surface area contributed by atoms with E-state index in [0.717, 1.165) is 23.2 Å². The molecule has 0 aliphatic rings. The lowest BCUT2D eigenvalue weighted by Crippen LogP contribution is -1.94. The molecule has 2 aromatic heterocycles. The fraction of sp³-hybridized carbons (Fsp3) is 0.0909. The highest BCUT2D eigenvalue weighted by Crippen LogP contribution is 2.41. The van der Waals surface area contributed by atoms with E-state index >= 15 is 0 Å². The van der Waals surface area contributed by atoms with Crippen molar-refractivity contribution in [1.82, 2.24) is 4.57 Å². The van der Waals surface area contributed by atoms with Crippen LogP contribution >= 0.6 is 11.3 Å². The lowest BCUT2D eigenvalue weighted by atomic mass is 10.00. The number of thiophene rings is 1. The summed E-state index contributed by atoms with van der Waals surface area (Å²) in [4.78, 5) is 1.30. The number of nitrogens with zero attached hydrogens (tertiary/aromatic N) is 1. The van der Waals surface area contributed by atoms with Gasteiger partial charge in [-0.2, -0.15) is 0 Å². The number of benzene rings is 6. The molecular formula is C55H51NS. The Balaban J connectivity index is 0.000000553. The number of aromatic nitrogens is 1. The first-order valence-electron chi connectivity index (χ1n) is 19.6. The van der Waals surface area contributed by atoms with Crippen molar-refractivity contribution in [3.05, 3.63) is 218 Å². The fourth-order valence-electron chi connectivity index (χ4n) is 7.26. The number of rotatable bonds is 9. The molecule has 0 radical (unpaired) electrons. The first-order valence-corrected chi connectivity index (χ1v) is 20.4. The summed E-state index contributed by atoms with van der Waals surface area (Å²) in [5, 5.41) is 8.96. The Labute approximate surface area is 342 Å². The van der Waals surface area contributed by atoms with Crippen molar-refractivity contribution in [1.29, 1.82) is 0 Å². The molecule has 0 saturated heterocycles. The van der Waals surface area contributed by atoms with E-state index in [1.165, 1.54) is 69.5 Å². The minimum atomic E-state index is 0.848. The monoisotopic (exact) mass is 757 g/mol. The molecule has 0 spiro atoms. The first-order chi connectivity index (χ1) is 28.0. The van der Waals surface area contributed by atoms with Gasteiger partial charge in [0.05, 0.1) is 11.0 Å². The van der Waals surface area contributed by atoms with Gasteiger partial charge in [-0.3, -0.25) is 0 Å². The van der Waals surface area contributed by atoms with Crippen LogP contribution in [0.2, 0.25) is 0 Å². The molecule has 0 fully saturated rings. The number of hydrogen-bond donors (Lipinski definition) is 0. The largest absolute Gasteiger partial charge is 0.309 e. The van der Waals surface area contributed by atoms with E-state index in [9.17, 15) is 0 Å². The van der Waals surface area contributed by atoms with Gasteiger partial charge in [0.2, 0.25) is 0 Å². The molecule has 0 saturated carbocycles. The van der Waals surface area contributed by atoms with Crippen LogP contribution in [0.5, 0.6) is 0 Å². The third-order valence-corrected chi connectivity index (χ3v) is 11.4. The summed E-state index contributed by atoms with van der Waals surface area (Å²) >= 11 is 1.84. The fourth-order valence-corrected chi connectivity index (χ4v) is 8.55. The van der Waals surface area contributed by atoms with E-state index in [-0.39, 0.29) is 0 Å². The zero-order valence-electron chi connectivity index (χ0n) is 33.6. The molecule has 2 heterocycles. The van der Waals surface area contributed by atoms with E-state index in [4.69, 9.17) is 0 Å². The van der Waals surface area contributed by atoms with Crippen molar-refractivity contribution in [2.75, 3.05) is 0 Å². The minimum Gasteiger partial charge on any atom is -0.309 e. The lowest BCUT2D eigenvalue weighted by molar-refractivity contribution is 1.18. The van der Waals surface area contributed by atoms with Crippen LogP contribution in [-0.4, -0.2) is 4.57 Å². The molecule has 0 N–H and O–H groups in total. The summed E-state index contributed by atoms with van der Waals surface area (Å²) in [6.07, 6.45) is 23.1. The van der Waals surface area contributed by atoms with Gasteiger partial charge in [0, 0.05) is 31.4 Å². The SMILES string of the molecule is C/C=C\C.C=C/C(=C\C=C/C/C(=C/C)c1sc2ccccc2c1C=C)c1ccc(-n2c3ccc4ccccc4c3c3c4ccccc4ccc32)cc1.C=C/C=C\C. The van der Waals surface area contributed by atoms with Crippen LogP contribution in [0.1, 0.15) is 50.1 Å². The average molecular weight is 758 g/mol. The maximum absolute atomic E-state index is 4.15. The maximum atomic E-state index is 4.15. The summed E-state index contributed by atoms with van der Waals surface area (Å²) in [6, 6.07) is 43.9. The molecule has 0 aliphatic heterocycles. The summed E-state index contributed by atoms with van der Waals surface area (Å²) in [7, 11) is 0. The van der Waals surface area contributed by atoms with Crippen LogP contribution in [0.15, 0.2) is 202 Å². The number of allylic oxidation sites excluding steroid dienone is 12. The molecule has 8 rings (SSSR count). The van der Waals surface area contributed by atoms with Gasteiger partial charge in [-0.1, -0.05) is 178 Å². The van der Waals surface area contributed by atoms with E-state index < -0.39 is 0 Å². The Morgan fingerprint density at radius 3 is 1.70 bits per heavy atom. The number of hydrogen-bond acceptors (Lipinski definition) is 1. The smallest absolute Gasteiger partial charge is 0.0547 e. The van der Waals surface area contributed by atoms with Crippen molar-refractivity contribution < 1.29 is 0 Å². The maximum Gasteiger partial charge on any atom is 0.0547 e. The molecule has 0 unspecified atom stereocenters. The van der Waals surface area contributed by atoms with Crippen LogP contribution < -0.4 is 0 Å². The highest BCUT2D eigenvalue weighted by molar-refractivity contribution is 7.20. The van der Waals surface area contributed by atoms with Gasteiger partial charge in [0.25, 0.3) is 0 Å². The molecule has 8 aromatic rings. The van der Waals surface area contributed by atoms with Crippen molar-refractivity contribution in [2.45, 2.75) is 34.1 Å². The second kappa shape index (κ2) is 19.4. The molecule has 0 aliphatic carbocycles. The summed E-state index contributed by atoms with van der Waals surface area (Å²) in [6.45, 7) is 19.8. The predicted molar refractivity (Wildman–Crippen MR) is 259 cm³/mol. The van der Waals surface area contributed by atoms with Crippen LogP contribution in [-0.2, 0) is 0 Å². The molecular weight excluding hydrogens is 707 g/mol. The Morgan fingerprint density at radius 1 is 0.614 bits per heavy atom. The van der Waals surface area contributed by atoms with Crippen LogP contribution in [0.3, 0.4) is 0 Å². The van der Waals surface area contributed by atoms with E-state index in [1.807, 2.05) is 68.6 Å². The van der Waals surface area contributed by atoms with Crippen LogP contribution in [0.4, 0.5) is 0 Å². The van der Waals surface area contributed by atoms with Gasteiger partial charge in [-0.15, -0.1) is 11.3 Å². The molecule has 0 bridgehead atoms. The Kier molecular flexibility index (Phi) is 13.7. The second-order valence-electron chi connectivity index (χ2n) is 13.5. The topological polar surface area (TPSA) is 4.93 Å². The van der Waals surface area contributed by atoms with E-state index in [2.05, 4.69) is 177 Å². The molecule has 0 atom stereocenters. The van der Waals surface area contributed by atoms with Gasteiger partial charge in [0.15, 0.2) is 0 Å². The highest BCUT2D eigenvalue weighted by Gasteiger charge is 2.17. The zero-order valence-corrected chi connectivity index (χ0v) is 34.4. The summed E-state index contributed by atoms with van der Waals surface area (Å²) in [5.74, 6) is 0. The Morgan fingerprint density at radius 2 is 1.19 bits per heavy atom. The van der Waals surface area contributed by atoms with Crippen molar-refractivity contribution in [3.8, 4) is 5.69 Å². The molecule has 2 heteroatoms. The van der Waals surface area contributed by atoms with Gasteiger partial charge < -0.3 is 4.57 Å². The van der Waals surface area contributed by atoms with Crippen LogP contribution in [0, 0.1) is 0 Å². The van der Waals surface area contributed by atoms with Crippen molar-refractivity contribution in [2.24, 2.45) is 0 Å². The molecule has 6 aromatic carbocycles. The summed E-state index contributed by atoms with van der Waals surface area (Å²) < 4.78 is 3.71. The Hall–Kier alpha value is -6.48. The van der Waals surface area contributed by atoms with Gasteiger partial charge >= 0.3 is 0 Å². The van der Waals surface area contributed by atoms with Crippen LogP contribution in [0.25, 0.3) is 76.3 Å². The second-order valence-corrected chi connectivity index (χ2v) is 14.5. The third kappa shape index (κ3) is 8.53. The van der Waals surface area contributed by atoms with Crippen molar-refractivity contribution in [3.63, 3.8) is 0 Å². The number of fused-ring (bicyclic) bond motifs is 8.